The zero-order valence-electron chi connectivity index (χ0n) is 16.4. The van der Waals surface area contributed by atoms with Crippen molar-refractivity contribution in [3.63, 3.8) is 0 Å². The molecule has 0 spiro atoms. The van der Waals surface area contributed by atoms with Gasteiger partial charge in [-0.15, -0.1) is 0 Å². The molecule has 0 saturated carbocycles. The summed E-state index contributed by atoms with van der Waals surface area (Å²) in [6.45, 7) is 1.43. The van der Waals surface area contributed by atoms with Crippen molar-refractivity contribution in [3.05, 3.63) is 88.7 Å². The molecule has 8 heteroatoms. The van der Waals surface area contributed by atoms with Crippen LogP contribution in [-0.2, 0) is 17.8 Å². The van der Waals surface area contributed by atoms with Gasteiger partial charge >= 0.3 is 6.03 Å². The Morgan fingerprint density at radius 1 is 1.17 bits per heavy atom. The average molecular weight is 434 g/mol. The highest BCUT2D eigenvalue weighted by Crippen LogP contribution is 2.19. The van der Waals surface area contributed by atoms with E-state index in [1.807, 2.05) is 47.2 Å². The summed E-state index contributed by atoms with van der Waals surface area (Å²) in [5, 5.41) is 3.16. The second-order valence-electron chi connectivity index (χ2n) is 6.69. The van der Waals surface area contributed by atoms with Crippen molar-refractivity contribution in [3.8, 4) is 0 Å². The molecule has 1 aromatic heterocycles. The molecule has 0 bridgehead atoms. The number of rotatable bonds is 8. The summed E-state index contributed by atoms with van der Waals surface area (Å²) in [5.41, 5.74) is 1.74. The predicted molar refractivity (Wildman–Crippen MR) is 113 cm³/mol. The molecule has 0 aliphatic heterocycles. The molecule has 0 fully saturated rings. The van der Waals surface area contributed by atoms with Gasteiger partial charge in [-0.2, -0.15) is 0 Å². The van der Waals surface area contributed by atoms with E-state index in [2.05, 4.69) is 5.32 Å². The summed E-state index contributed by atoms with van der Waals surface area (Å²) in [7, 11) is 1.54. The van der Waals surface area contributed by atoms with Crippen molar-refractivity contribution >= 4 is 23.3 Å². The normalized spacial score (nSPS) is 10.8. The van der Waals surface area contributed by atoms with Crippen LogP contribution in [0, 0.1) is 11.6 Å². The van der Waals surface area contributed by atoms with Crippen LogP contribution in [0.2, 0.25) is 5.02 Å². The molecular formula is C22H22ClF2N3O2. The maximum Gasteiger partial charge on any atom is 0.322 e. The number of methoxy groups -OCH3 is 1. The Morgan fingerprint density at radius 2 is 1.97 bits per heavy atom. The quantitative estimate of drug-likeness (QED) is 0.534. The van der Waals surface area contributed by atoms with E-state index in [1.54, 1.807) is 0 Å². The monoisotopic (exact) mass is 433 g/mol. The van der Waals surface area contributed by atoms with Crippen molar-refractivity contribution in [1.82, 2.24) is 9.47 Å². The number of nitrogens with zero attached hydrogens (tertiary/aromatic N) is 2. The third-order valence-corrected chi connectivity index (χ3v) is 4.97. The first-order valence-corrected chi connectivity index (χ1v) is 9.73. The standard InChI is InChI=1S/C22H22ClF2N3O2/c1-30-12-11-28(22(29)26-21-9-8-17(24)13-20(21)25)15-18-6-4-10-27(18)14-16-5-2-3-7-19(16)23/h2-10,13H,11-12,14-15H2,1H3,(H,26,29). The fourth-order valence-corrected chi connectivity index (χ4v) is 3.19. The molecule has 0 radical (unpaired) electrons. The highest BCUT2D eigenvalue weighted by Gasteiger charge is 2.18. The number of nitrogens with one attached hydrogen (secondary N) is 1. The second-order valence-corrected chi connectivity index (χ2v) is 7.09. The molecule has 0 aliphatic carbocycles. The van der Waals surface area contributed by atoms with Crippen molar-refractivity contribution < 1.29 is 18.3 Å². The van der Waals surface area contributed by atoms with Gasteiger partial charge in [0.25, 0.3) is 0 Å². The van der Waals surface area contributed by atoms with E-state index in [1.165, 1.54) is 18.1 Å². The Labute approximate surface area is 178 Å². The van der Waals surface area contributed by atoms with Gasteiger partial charge < -0.3 is 19.5 Å². The Kier molecular flexibility index (Phi) is 7.43. The van der Waals surface area contributed by atoms with Gasteiger partial charge in [-0.3, -0.25) is 0 Å². The first-order valence-electron chi connectivity index (χ1n) is 9.35. The summed E-state index contributed by atoms with van der Waals surface area (Å²) >= 11 is 6.27. The van der Waals surface area contributed by atoms with Crippen LogP contribution >= 0.6 is 11.6 Å². The molecule has 2 amide bonds. The second kappa shape index (κ2) is 10.2. The van der Waals surface area contributed by atoms with E-state index in [0.717, 1.165) is 23.4 Å². The van der Waals surface area contributed by atoms with Crippen molar-refractivity contribution in [2.75, 3.05) is 25.6 Å². The lowest BCUT2D eigenvalue weighted by Crippen LogP contribution is -2.37. The van der Waals surface area contributed by atoms with Gasteiger partial charge in [0.05, 0.1) is 18.8 Å². The summed E-state index contributed by atoms with van der Waals surface area (Å²) in [6.07, 6.45) is 1.91. The van der Waals surface area contributed by atoms with E-state index < -0.39 is 17.7 Å². The lowest BCUT2D eigenvalue weighted by molar-refractivity contribution is 0.151. The van der Waals surface area contributed by atoms with Gasteiger partial charge in [-0.1, -0.05) is 29.8 Å². The van der Waals surface area contributed by atoms with E-state index in [0.29, 0.717) is 24.7 Å². The minimum Gasteiger partial charge on any atom is -0.383 e. The molecule has 0 aliphatic rings. The number of halogens is 3. The SMILES string of the molecule is COCCN(Cc1cccn1Cc1ccccc1Cl)C(=O)Nc1ccc(F)cc1F. The van der Waals surface area contributed by atoms with Crippen LogP contribution in [0.5, 0.6) is 0 Å². The Bertz CT molecular complexity index is 1010. The minimum atomic E-state index is -0.836. The molecule has 0 unspecified atom stereocenters. The number of aromatic nitrogens is 1. The van der Waals surface area contributed by atoms with Gasteiger partial charge in [0.15, 0.2) is 0 Å². The van der Waals surface area contributed by atoms with Crippen LogP contribution in [-0.4, -0.2) is 35.8 Å². The predicted octanol–water partition coefficient (Wildman–Crippen LogP) is 5.15. The van der Waals surface area contributed by atoms with Crippen LogP contribution in [0.25, 0.3) is 0 Å². The number of carbonyl (C=O) groups excluding carboxylic acids is 1. The molecular weight excluding hydrogens is 412 g/mol. The summed E-state index contributed by atoms with van der Waals surface area (Å²) in [6, 6.07) is 13.8. The topological polar surface area (TPSA) is 46.5 Å². The van der Waals surface area contributed by atoms with Gasteiger partial charge in [0.2, 0.25) is 0 Å². The summed E-state index contributed by atoms with van der Waals surface area (Å²) in [5.74, 6) is -1.55. The molecule has 30 heavy (non-hydrogen) atoms. The third-order valence-electron chi connectivity index (χ3n) is 4.60. The lowest BCUT2D eigenvalue weighted by Gasteiger charge is -2.24. The van der Waals surface area contributed by atoms with Crippen LogP contribution in [0.1, 0.15) is 11.3 Å². The summed E-state index contributed by atoms with van der Waals surface area (Å²) < 4.78 is 34.2. The van der Waals surface area contributed by atoms with Gasteiger partial charge in [0.1, 0.15) is 11.6 Å². The van der Waals surface area contributed by atoms with E-state index in [-0.39, 0.29) is 12.2 Å². The first-order chi connectivity index (χ1) is 14.5. The Morgan fingerprint density at radius 3 is 2.70 bits per heavy atom. The maximum atomic E-state index is 13.9. The Hall–Kier alpha value is -2.90. The number of amides is 2. The number of carbonyl (C=O) groups is 1. The lowest BCUT2D eigenvalue weighted by atomic mass is 10.2. The number of ether oxygens (including phenoxy) is 1. The van der Waals surface area contributed by atoms with Crippen molar-refractivity contribution in [2.45, 2.75) is 13.1 Å². The van der Waals surface area contributed by atoms with E-state index >= 15 is 0 Å². The molecule has 0 atom stereocenters. The van der Waals surface area contributed by atoms with E-state index in [9.17, 15) is 13.6 Å². The molecule has 0 saturated heterocycles. The zero-order chi connectivity index (χ0) is 21.5. The number of benzene rings is 2. The number of urea groups is 1. The molecule has 3 rings (SSSR count). The van der Waals surface area contributed by atoms with Crippen LogP contribution < -0.4 is 5.32 Å². The molecule has 2 aromatic carbocycles. The zero-order valence-corrected chi connectivity index (χ0v) is 17.2. The first kappa shape index (κ1) is 21.8. The van der Waals surface area contributed by atoms with E-state index in [4.69, 9.17) is 16.3 Å². The maximum absolute atomic E-state index is 13.9. The number of hydrogen-bond donors (Lipinski definition) is 1. The fraction of sp³-hybridized carbons (Fsp3) is 0.227. The third kappa shape index (κ3) is 5.58. The Balaban J connectivity index is 1.76. The van der Waals surface area contributed by atoms with Crippen molar-refractivity contribution in [1.29, 1.82) is 0 Å². The fourth-order valence-electron chi connectivity index (χ4n) is 2.99. The smallest absolute Gasteiger partial charge is 0.322 e. The minimum absolute atomic E-state index is 0.0877. The molecule has 158 valence electrons. The van der Waals surface area contributed by atoms with Gasteiger partial charge in [0, 0.05) is 43.2 Å². The van der Waals surface area contributed by atoms with Crippen molar-refractivity contribution in [2.24, 2.45) is 0 Å². The highest BCUT2D eigenvalue weighted by atomic mass is 35.5. The van der Waals surface area contributed by atoms with Crippen LogP contribution in [0.4, 0.5) is 19.3 Å². The van der Waals surface area contributed by atoms with Gasteiger partial charge in [-0.05, 0) is 35.9 Å². The van der Waals surface area contributed by atoms with Crippen LogP contribution in [0.15, 0.2) is 60.8 Å². The molecule has 3 aromatic rings. The molecule has 1 heterocycles. The number of hydrogen-bond acceptors (Lipinski definition) is 2. The molecule has 5 nitrogen and oxygen atoms in total. The number of anilines is 1. The highest BCUT2D eigenvalue weighted by molar-refractivity contribution is 6.31. The van der Waals surface area contributed by atoms with Gasteiger partial charge in [-0.25, -0.2) is 13.6 Å². The molecule has 1 N–H and O–H groups in total. The summed E-state index contributed by atoms with van der Waals surface area (Å²) in [4.78, 5) is 14.3. The van der Waals surface area contributed by atoms with Crippen LogP contribution in [0.3, 0.4) is 0 Å². The largest absolute Gasteiger partial charge is 0.383 e. The average Bonchev–Trinajstić information content (AvgIpc) is 3.15.